The lowest BCUT2D eigenvalue weighted by Crippen LogP contribution is -2.21. The van der Waals surface area contributed by atoms with E-state index in [4.69, 9.17) is 46.3 Å². The molecular weight excluding hydrogens is 258 g/mol. The van der Waals surface area contributed by atoms with E-state index in [0.29, 0.717) is 20.6 Å². The van der Waals surface area contributed by atoms with Crippen molar-refractivity contribution in [3.8, 4) is 0 Å². The van der Waals surface area contributed by atoms with Crippen molar-refractivity contribution >= 4 is 47.0 Å². The first kappa shape index (κ1) is 12.1. The van der Waals surface area contributed by atoms with Crippen LogP contribution in [0.5, 0.6) is 0 Å². The Bertz CT molecular complexity index is 401. The molecule has 0 aromatic heterocycles. The van der Waals surface area contributed by atoms with E-state index in [1.165, 1.54) is 6.21 Å². The molecule has 1 aromatic rings. The average molecular weight is 266 g/mol. The van der Waals surface area contributed by atoms with Crippen LogP contribution in [-0.2, 0) is 0 Å². The Balaban J connectivity index is 3.05. The van der Waals surface area contributed by atoms with E-state index in [9.17, 15) is 0 Å². The lowest BCUT2D eigenvalue weighted by Gasteiger charge is -2.00. The molecule has 0 radical (unpaired) electrons. The largest absolute Gasteiger partial charge is 0.369 e. The van der Waals surface area contributed by atoms with Gasteiger partial charge in [-0.05, 0) is 12.1 Å². The van der Waals surface area contributed by atoms with Gasteiger partial charge in [0, 0.05) is 10.6 Å². The second-order valence-corrected chi connectivity index (χ2v) is 3.80. The summed E-state index contributed by atoms with van der Waals surface area (Å²) in [5, 5.41) is 8.21. The molecule has 7 heteroatoms. The summed E-state index contributed by atoms with van der Waals surface area (Å²) < 4.78 is 0. The molecular formula is C8H7Cl3N4. The van der Waals surface area contributed by atoms with E-state index in [0.717, 1.165) is 0 Å². The van der Waals surface area contributed by atoms with Crippen molar-refractivity contribution in [3.05, 3.63) is 32.8 Å². The average Bonchev–Trinajstić information content (AvgIpc) is 2.08. The Morgan fingerprint density at radius 2 is 1.67 bits per heavy atom. The fourth-order valence-corrected chi connectivity index (χ4v) is 1.74. The monoisotopic (exact) mass is 264 g/mol. The molecule has 80 valence electrons. The Morgan fingerprint density at radius 1 is 1.13 bits per heavy atom. The Hall–Kier alpha value is -0.970. The molecule has 0 amide bonds. The first-order valence-electron chi connectivity index (χ1n) is 3.77. The number of hydrogen-bond donors (Lipinski definition) is 2. The van der Waals surface area contributed by atoms with Crippen molar-refractivity contribution in [1.82, 2.24) is 0 Å². The minimum absolute atomic E-state index is 0.146. The second kappa shape index (κ2) is 5.21. The van der Waals surface area contributed by atoms with Gasteiger partial charge < -0.3 is 11.5 Å². The first-order valence-corrected chi connectivity index (χ1v) is 4.90. The summed E-state index contributed by atoms with van der Waals surface area (Å²) in [5.74, 6) is -0.146. The van der Waals surface area contributed by atoms with Crippen LogP contribution >= 0.6 is 34.8 Å². The predicted molar refractivity (Wildman–Crippen MR) is 64.9 cm³/mol. The number of guanidine groups is 1. The quantitative estimate of drug-likeness (QED) is 0.489. The predicted octanol–water partition coefficient (Wildman–Crippen LogP) is 2.25. The highest BCUT2D eigenvalue weighted by atomic mass is 35.5. The third kappa shape index (κ3) is 3.58. The summed E-state index contributed by atoms with van der Waals surface area (Å²) in [6.07, 6.45) is 1.35. The minimum Gasteiger partial charge on any atom is -0.369 e. The third-order valence-corrected chi connectivity index (χ3v) is 2.25. The summed E-state index contributed by atoms with van der Waals surface area (Å²) in [5.41, 5.74) is 10.7. The number of nitrogens with two attached hydrogens (primary N) is 2. The highest BCUT2D eigenvalue weighted by Crippen LogP contribution is 2.27. The molecule has 0 atom stereocenters. The zero-order valence-electron chi connectivity index (χ0n) is 7.42. The summed E-state index contributed by atoms with van der Waals surface area (Å²) in [6.45, 7) is 0. The molecule has 0 bridgehead atoms. The zero-order chi connectivity index (χ0) is 11.4. The number of nitrogens with zero attached hydrogens (tertiary/aromatic N) is 2. The Kier molecular flexibility index (Phi) is 4.20. The van der Waals surface area contributed by atoms with Crippen molar-refractivity contribution in [2.75, 3.05) is 0 Å². The van der Waals surface area contributed by atoms with E-state index in [-0.39, 0.29) is 5.96 Å². The highest BCUT2D eigenvalue weighted by Gasteiger charge is 2.04. The maximum atomic E-state index is 5.88. The Labute approximate surface area is 102 Å². The Morgan fingerprint density at radius 3 is 2.13 bits per heavy atom. The van der Waals surface area contributed by atoms with Gasteiger partial charge in [0.15, 0.2) is 0 Å². The molecule has 0 unspecified atom stereocenters. The van der Waals surface area contributed by atoms with Gasteiger partial charge in [-0.2, -0.15) is 5.10 Å². The molecule has 1 rings (SSSR count). The van der Waals surface area contributed by atoms with E-state index in [1.54, 1.807) is 12.1 Å². The van der Waals surface area contributed by atoms with Gasteiger partial charge in [0.1, 0.15) is 0 Å². The van der Waals surface area contributed by atoms with Crippen molar-refractivity contribution in [1.29, 1.82) is 0 Å². The van der Waals surface area contributed by atoms with Crippen LogP contribution in [0.2, 0.25) is 15.1 Å². The maximum Gasteiger partial charge on any atom is 0.211 e. The summed E-state index contributed by atoms with van der Waals surface area (Å²) in [4.78, 5) is 0. The minimum atomic E-state index is -0.146. The molecule has 0 aliphatic heterocycles. The van der Waals surface area contributed by atoms with Crippen LogP contribution in [0.3, 0.4) is 0 Å². The lowest BCUT2D eigenvalue weighted by atomic mass is 10.2. The molecule has 0 aliphatic rings. The maximum absolute atomic E-state index is 5.88. The molecule has 4 N–H and O–H groups in total. The number of benzene rings is 1. The topological polar surface area (TPSA) is 76.8 Å². The van der Waals surface area contributed by atoms with Crippen LogP contribution in [0.1, 0.15) is 5.56 Å². The summed E-state index contributed by atoms with van der Waals surface area (Å²) in [7, 11) is 0. The fraction of sp³-hybridized carbons (Fsp3) is 0. The number of rotatable bonds is 2. The van der Waals surface area contributed by atoms with Gasteiger partial charge in [0.2, 0.25) is 5.96 Å². The summed E-state index contributed by atoms with van der Waals surface area (Å²) >= 11 is 17.5. The molecule has 0 spiro atoms. The third-order valence-electron chi connectivity index (χ3n) is 1.40. The molecule has 0 saturated carbocycles. The van der Waals surface area contributed by atoms with Crippen LogP contribution < -0.4 is 11.5 Å². The van der Waals surface area contributed by atoms with Crippen LogP contribution in [0.15, 0.2) is 22.3 Å². The van der Waals surface area contributed by atoms with Gasteiger partial charge in [0.25, 0.3) is 0 Å². The number of hydrogen-bond acceptors (Lipinski definition) is 2. The van der Waals surface area contributed by atoms with E-state index >= 15 is 0 Å². The van der Waals surface area contributed by atoms with Crippen LogP contribution in [0.4, 0.5) is 0 Å². The molecule has 0 heterocycles. The highest BCUT2D eigenvalue weighted by molar-refractivity contribution is 6.41. The smallest absolute Gasteiger partial charge is 0.211 e. The zero-order valence-corrected chi connectivity index (χ0v) is 9.68. The molecule has 0 saturated heterocycles. The SMILES string of the molecule is NC(N)=NN=Cc1c(Cl)cc(Cl)cc1Cl. The molecule has 0 aliphatic carbocycles. The van der Waals surface area contributed by atoms with Crippen LogP contribution in [0.25, 0.3) is 0 Å². The van der Waals surface area contributed by atoms with Crippen molar-refractivity contribution in [2.45, 2.75) is 0 Å². The molecule has 0 fully saturated rings. The number of halogens is 3. The summed E-state index contributed by atoms with van der Waals surface area (Å²) in [6, 6.07) is 3.09. The standard InChI is InChI=1S/C8H7Cl3N4/c9-4-1-6(10)5(7(11)2-4)3-14-15-8(12)13/h1-3H,(H4,12,13,15). The van der Waals surface area contributed by atoms with E-state index in [2.05, 4.69) is 10.2 Å². The molecule has 4 nitrogen and oxygen atoms in total. The second-order valence-electron chi connectivity index (χ2n) is 2.55. The van der Waals surface area contributed by atoms with E-state index in [1.807, 2.05) is 0 Å². The van der Waals surface area contributed by atoms with Crippen molar-refractivity contribution in [3.63, 3.8) is 0 Å². The lowest BCUT2D eigenvalue weighted by molar-refractivity contribution is 1.21. The van der Waals surface area contributed by atoms with Gasteiger partial charge in [-0.3, -0.25) is 0 Å². The van der Waals surface area contributed by atoms with Gasteiger partial charge in [-0.15, -0.1) is 5.10 Å². The van der Waals surface area contributed by atoms with Gasteiger partial charge in [-0.1, -0.05) is 34.8 Å². The normalized spacial score (nSPS) is 10.6. The van der Waals surface area contributed by atoms with Gasteiger partial charge in [0.05, 0.1) is 16.3 Å². The molecule has 1 aromatic carbocycles. The van der Waals surface area contributed by atoms with Crippen LogP contribution in [-0.4, -0.2) is 12.2 Å². The fourth-order valence-electron chi connectivity index (χ4n) is 0.830. The van der Waals surface area contributed by atoms with Gasteiger partial charge >= 0.3 is 0 Å². The first-order chi connectivity index (χ1) is 7.00. The molecule has 15 heavy (non-hydrogen) atoms. The van der Waals surface area contributed by atoms with Crippen molar-refractivity contribution < 1.29 is 0 Å². The van der Waals surface area contributed by atoms with Crippen molar-refractivity contribution in [2.24, 2.45) is 21.7 Å². The van der Waals surface area contributed by atoms with Gasteiger partial charge in [-0.25, -0.2) is 0 Å². The van der Waals surface area contributed by atoms with Crippen LogP contribution in [0, 0.1) is 0 Å². The van der Waals surface area contributed by atoms with E-state index < -0.39 is 0 Å².